The Hall–Kier alpha value is -3.09. The van der Waals surface area contributed by atoms with Crippen LogP contribution in [0.15, 0.2) is 65.8 Å². The minimum Gasteiger partial charge on any atom is -0.406 e. The van der Waals surface area contributed by atoms with Gasteiger partial charge in [0.2, 0.25) is 5.91 Å². The molecule has 1 aliphatic carbocycles. The van der Waals surface area contributed by atoms with Crippen LogP contribution in [0.4, 0.5) is 17.6 Å². The quantitative estimate of drug-likeness (QED) is 0.609. The van der Waals surface area contributed by atoms with Crippen LogP contribution in [0.25, 0.3) is 0 Å². The number of alkyl halides is 3. The van der Waals surface area contributed by atoms with E-state index >= 15 is 0 Å². The Kier molecular flexibility index (Phi) is 5.61. The van der Waals surface area contributed by atoms with Crippen LogP contribution >= 0.6 is 0 Å². The maximum Gasteiger partial charge on any atom is 0.573 e. The third kappa shape index (κ3) is 4.56. The fourth-order valence-electron chi connectivity index (χ4n) is 4.63. The van der Waals surface area contributed by atoms with Gasteiger partial charge in [-0.05, 0) is 78.8 Å². The van der Waals surface area contributed by atoms with Crippen LogP contribution in [0.2, 0.25) is 0 Å². The number of halogens is 4. The summed E-state index contributed by atoms with van der Waals surface area (Å²) >= 11 is 0. The summed E-state index contributed by atoms with van der Waals surface area (Å²) in [6.45, 7) is 4.02. The molecule has 1 amide bonds. The fourth-order valence-corrected chi connectivity index (χ4v) is 4.63. The number of amides is 1. The van der Waals surface area contributed by atoms with Gasteiger partial charge in [0.15, 0.2) is 0 Å². The van der Waals surface area contributed by atoms with Crippen LogP contribution in [0.3, 0.4) is 0 Å². The summed E-state index contributed by atoms with van der Waals surface area (Å²) in [4.78, 5) is 13.0. The first kappa shape index (κ1) is 22.1. The van der Waals surface area contributed by atoms with Gasteiger partial charge in [-0.2, -0.15) is 0 Å². The van der Waals surface area contributed by atoms with Gasteiger partial charge in [-0.15, -0.1) is 13.2 Å². The van der Waals surface area contributed by atoms with E-state index in [1.807, 2.05) is 25.1 Å². The predicted molar refractivity (Wildman–Crippen MR) is 113 cm³/mol. The smallest absolute Gasteiger partial charge is 0.406 e. The van der Waals surface area contributed by atoms with Crippen LogP contribution in [-0.4, -0.2) is 18.8 Å². The highest BCUT2D eigenvalue weighted by atomic mass is 19.4. The molecule has 32 heavy (non-hydrogen) atoms. The lowest BCUT2D eigenvalue weighted by Crippen LogP contribution is -2.48. The van der Waals surface area contributed by atoms with Crippen LogP contribution in [0.5, 0.6) is 5.75 Å². The lowest BCUT2D eigenvalue weighted by molar-refractivity contribution is -0.274. The van der Waals surface area contributed by atoms with E-state index in [9.17, 15) is 22.4 Å². The first-order chi connectivity index (χ1) is 15.0. The number of rotatable bonds is 4. The van der Waals surface area contributed by atoms with Gasteiger partial charge >= 0.3 is 6.36 Å². The molecule has 2 unspecified atom stereocenters. The molecule has 168 valence electrons. The van der Waals surface area contributed by atoms with Crippen LogP contribution in [0, 0.1) is 18.2 Å². The number of ether oxygens (including phenoxy) is 1. The van der Waals surface area contributed by atoms with E-state index in [1.165, 1.54) is 30.3 Å². The Morgan fingerprint density at radius 1 is 1.19 bits per heavy atom. The van der Waals surface area contributed by atoms with Gasteiger partial charge in [0.05, 0.1) is 5.41 Å². The monoisotopic (exact) mass is 445 g/mol. The van der Waals surface area contributed by atoms with Crippen molar-refractivity contribution in [2.75, 3.05) is 6.54 Å². The van der Waals surface area contributed by atoms with Crippen molar-refractivity contribution >= 4 is 5.91 Å². The maximum atomic E-state index is 14.0. The van der Waals surface area contributed by atoms with Gasteiger partial charge in [0.1, 0.15) is 11.6 Å². The predicted octanol–water partition coefficient (Wildman–Crippen LogP) is 5.75. The number of aryl methyl sites for hydroxylation is 1. The summed E-state index contributed by atoms with van der Waals surface area (Å²) in [5.74, 6) is -0.988. The second kappa shape index (κ2) is 8.11. The molecule has 1 aliphatic heterocycles. The zero-order valence-corrected chi connectivity index (χ0v) is 17.7. The van der Waals surface area contributed by atoms with Crippen molar-refractivity contribution in [3.63, 3.8) is 0 Å². The van der Waals surface area contributed by atoms with Crippen molar-refractivity contribution in [3.05, 3.63) is 88.3 Å². The van der Waals surface area contributed by atoms with E-state index in [2.05, 4.69) is 10.1 Å². The molecular weight excluding hydrogens is 422 g/mol. The molecule has 2 aromatic rings. The second-order valence-electron chi connectivity index (χ2n) is 8.60. The molecule has 1 heterocycles. The summed E-state index contributed by atoms with van der Waals surface area (Å²) in [5, 5.41) is 2.92. The Morgan fingerprint density at radius 2 is 1.97 bits per heavy atom. The number of carbonyl (C=O) groups excluding carboxylic acids is 1. The number of hydrogen-bond acceptors (Lipinski definition) is 2. The summed E-state index contributed by atoms with van der Waals surface area (Å²) in [6.07, 6.45) is 0.127. The molecule has 4 rings (SSSR count). The fraction of sp³-hybridized carbons (Fsp3) is 0.320. The molecule has 0 radical (unpaired) electrons. The highest BCUT2D eigenvalue weighted by Gasteiger charge is 2.43. The topological polar surface area (TPSA) is 38.3 Å². The standard InChI is InChI=1S/C25H23F4NO2/c1-15-8-16(10-20(26)9-15)13-24(2)22-12-18(6-7-19(22)14-30-23(24)31)17-4-3-5-21(11-17)32-25(27,28)29/h3-5,7-12,18H,6,13-14H2,1-2H3,(H,30,31). The van der Waals surface area contributed by atoms with E-state index in [4.69, 9.17) is 0 Å². The van der Waals surface area contributed by atoms with Gasteiger partial charge < -0.3 is 10.1 Å². The SMILES string of the molecule is Cc1cc(F)cc(CC2(C)C(=O)NCC3=CCC(c4cccc(OC(F)(F)F)c4)C=C32)c1. The molecule has 2 aliphatic rings. The normalized spacial score (nSPS) is 23.1. The summed E-state index contributed by atoms with van der Waals surface area (Å²) < 4.78 is 55.9. The summed E-state index contributed by atoms with van der Waals surface area (Å²) in [6, 6.07) is 10.6. The molecule has 0 spiro atoms. The molecule has 1 saturated heterocycles. The molecule has 7 heteroatoms. The van der Waals surface area contributed by atoms with Gasteiger partial charge in [0, 0.05) is 12.5 Å². The average molecular weight is 445 g/mol. The van der Waals surface area contributed by atoms with Crippen molar-refractivity contribution in [3.8, 4) is 5.75 Å². The van der Waals surface area contributed by atoms with Crippen LogP contribution in [0.1, 0.15) is 36.0 Å². The van der Waals surface area contributed by atoms with Crippen molar-refractivity contribution in [2.45, 2.75) is 39.0 Å². The largest absolute Gasteiger partial charge is 0.573 e. The molecule has 0 aromatic heterocycles. The van der Waals surface area contributed by atoms with E-state index in [-0.39, 0.29) is 23.4 Å². The summed E-state index contributed by atoms with van der Waals surface area (Å²) in [5.41, 5.74) is 3.05. The van der Waals surface area contributed by atoms with E-state index < -0.39 is 11.8 Å². The van der Waals surface area contributed by atoms with Crippen molar-refractivity contribution in [1.82, 2.24) is 5.32 Å². The van der Waals surface area contributed by atoms with Crippen molar-refractivity contribution in [1.29, 1.82) is 0 Å². The zero-order valence-electron chi connectivity index (χ0n) is 17.7. The Balaban J connectivity index is 1.69. The van der Waals surface area contributed by atoms with Crippen molar-refractivity contribution in [2.24, 2.45) is 5.41 Å². The Labute approximate surface area is 183 Å². The number of hydrogen-bond donors (Lipinski definition) is 1. The number of benzene rings is 2. The van der Waals surface area contributed by atoms with Gasteiger partial charge in [-0.3, -0.25) is 4.79 Å². The molecule has 0 saturated carbocycles. The van der Waals surface area contributed by atoms with E-state index in [0.717, 1.165) is 16.7 Å². The lowest BCUT2D eigenvalue weighted by atomic mass is 9.67. The highest BCUT2D eigenvalue weighted by Crippen LogP contribution is 2.44. The second-order valence-corrected chi connectivity index (χ2v) is 8.60. The molecule has 3 nitrogen and oxygen atoms in total. The molecule has 2 aromatic carbocycles. The average Bonchev–Trinajstić information content (AvgIpc) is 2.69. The highest BCUT2D eigenvalue weighted by molar-refractivity contribution is 5.89. The minimum atomic E-state index is -4.76. The molecule has 1 fully saturated rings. The number of allylic oxidation sites excluding steroid dienone is 2. The molecule has 2 atom stereocenters. The van der Waals surface area contributed by atoms with Crippen LogP contribution < -0.4 is 10.1 Å². The van der Waals surface area contributed by atoms with Gasteiger partial charge in [-0.1, -0.05) is 30.4 Å². The first-order valence-corrected chi connectivity index (χ1v) is 10.4. The molecule has 1 N–H and O–H groups in total. The number of nitrogens with one attached hydrogen (secondary N) is 1. The van der Waals surface area contributed by atoms with Crippen LogP contribution in [-0.2, 0) is 11.2 Å². The zero-order chi connectivity index (χ0) is 23.1. The number of carbonyl (C=O) groups is 1. The molecule has 0 bridgehead atoms. The van der Waals surface area contributed by atoms with Gasteiger partial charge in [-0.25, -0.2) is 4.39 Å². The first-order valence-electron chi connectivity index (χ1n) is 10.4. The minimum absolute atomic E-state index is 0.155. The maximum absolute atomic E-state index is 14.0. The number of fused-ring (bicyclic) bond motifs is 1. The summed E-state index contributed by atoms with van der Waals surface area (Å²) in [7, 11) is 0. The van der Waals surface area contributed by atoms with Crippen molar-refractivity contribution < 1.29 is 27.1 Å². The Morgan fingerprint density at radius 3 is 2.69 bits per heavy atom. The third-order valence-corrected chi connectivity index (χ3v) is 6.05. The number of piperidine rings is 1. The van der Waals surface area contributed by atoms with E-state index in [0.29, 0.717) is 30.5 Å². The lowest BCUT2D eigenvalue weighted by Gasteiger charge is -2.40. The molecular formula is C25H23F4NO2. The Bertz CT molecular complexity index is 1100. The van der Waals surface area contributed by atoms with Gasteiger partial charge in [0.25, 0.3) is 0 Å². The van der Waals surface area contributed by atoms with E-state index in [1.54, 1.807) is 13.0 Å². The third-order valence-electron chi connectivity index (χ3n) is 6.05.